The van der Waals surface area contributed by atoms with Crippen molar-refractivity contribution in [2.45, 2.75) is 0 Å². The maximum atomic E-state index is 5.04. The largest absolute Gasteiger partial charge is 0.309 e. The van der Waals surface area contributed by atoms with Crippen molar-refractivity contribution in [3.05, 3.63) is 405 Å². The molecule has 0 aliphatic rings. The van der Waals surface area contributed by atoms with E-state index in [9.17, 15) is 0 Å². The van der Waals surface area contributed by atoms with E-state index in [4.69, 9.17) is 9.97 Å². The van der Waals surface area contributed by atoms with Crippen molar-refractivity contribution >= 4 is 200 Å². The highest BCUT2D eigenvalue weighted by Gasteiger charge is 2.21. The van der Waals surface area contributed by atoms with Crippen molar-refractivity contribution in [1.82, 2.24) is 57.7 Å². The third kappa shape index (κ3) is 14.1. The van der Waals surface area contributed by atoms with E-state index in [-0.39, 0.29) is 0 Å². The van der Waals surface area contributed by atoms with Crippen molar-refractivity contribution in [3.63, 3.8) is 0 Å². The van der Waals surface area contributed by atoms with Gasteiger partial charge in [0.15, 0.2) is 0 Å². The van der Waals surface area contributed by atoms with Crippen LogP contribution < -0.4 is 0 Å². The zero-order chi connectivity index (χ0) is 78.2. The van der Waals surface area contributed by atoms with E-state index in [0.717, 1.165) is 128 Å². The Balaban J connectivity index is 0.0000000978. The number of pyridine rings is 5. The van der Waals surface area contributed by atoms with Crippen LogP contribution in [0, 0.1) is 0 Å². The number of benzene rings is 12. The summed E-state index contributed by atoms with van der Waals surface area (Å²) in [5, 5.41) is 10.4. The first-order chi connectivity index (χ1) is 57.1. The van der Waals surface area contributed by atoms with E-state index in [2.05, 4.69) is 384 Å². The predicted octanol–water partition coefficient (Wildman–Crippen LogP) is 28.0. The van der Waals surface area contributed by atoms with Crippen LogP contribution in [-0.2, 0) is 0 Å². The molecule has 116 heavy (non-hydrogen) atoms. The molecule has 0 N–H and O–H groups in total. The van der Waals surface area contributed by atoms with Gasteiger partial charge in [-0.15, -0.1) is 0 Å². The van der Waals surface area contributed by atoms with Crippen LogP contribution in [0.25, 0.3) is 171 Å². The fourth-order valence-electron chi connectivity index (χ4n) is 15.6. The number of hydrogen-bond donors (Lipinski definition) is 0. The second kappa shape index (κ2) is 32.2. The molecule has 12 nitrogen and oxygen atoms in total. The topological polar surface area (TPSA) is 115 Å². The van der Waals surface area contributed by atoms with Crippen LogP contribution in [0.1, 0.15) is 0 Å². The summed E-state index contributed by atoms with van der Waals surface area (Å²) in [5.74, 6) is 0.615. The normalized spacial score (nSPS) is 11.3. The molecule has 0 radical (unpaired) electrons. The van der Waals surface area contributed by atoms with Gasteiger partial charge in [0.05, 0.1) is 78.1 Å². The summed E-state index contributed by atoms with van der Waals surface area (Å²) in [4.78, 5) is 32.4. The van der Waals surface area contributed by atoms with Crippen molar-refractivity contribution in [2.75, 3.05) is 0 Å². The minimum absolute atomic E-state index is 0.615. The fourth-order valence-corrected chi connectivity index (χ4v) is 17.3. The second-order valence-corrected chi connectivity index (χ2v) is 32.1. The van der Waals surface area contributed by atoms with Crippen LogP contribution in [-0.4, -0.2) is 57.7 Å². The van der Waals surface area contributed by atoms with Crippen molar-refractivity contribution in [3.8, 4) is 51.1 Å². The zero-order valence-electron chi connectivity index (χ0n) is 61.6. The monoisotopic (exact) mass is 1810 g/mol. The van der Waals surface area contributed by atoms with Gasteiger partial charge in [-0.1, -0.05) is 243 Å². The van der Waals surface area contributed by atoms with E-state index in [1.165, 1.54) is 60.1 Å². The Kier molecular flexibility index (Phi) is 20.3. The Morgan fingerprint density at radius 3 is 1.14 bits per heavy atom. The van der Waals surface area contributed by atoms with Gasteiger partial charge in [0.1, 0.15) is 5.65 Å². The van der Waals surface area contributed by atoms with Crippen LogP contribution in [0.3, 0.4) is 0 Å². The smallest absolute Gasteiger partial charge is 0.237 e. The fraction of sp³-hybridized carbons (Fsp3) is 0. The first-order valence-corrected chi connectivity index (χ1v) is 41.5. The Hall–Kier alpha value is -12.9. The SMILES string of the molecule is Brc1ccc2c3cccnc3n(-c3nc(-c4ccccc4)c4ccccc4n3)c2c1.Brc1ccc2c3ccncc3n(-c3ccccc3)c2c1.Brc1ccc2c3cnccc3n(-c3ccccc3)c2c1.Brc1ccc2c3ncccc3n(-c3ccc(-c4ccccc4)cc3)c2c1.Brc1ccc2c3ncccc3n(-c3ccccc3)c2c1. The Bertz CT molecular complexity index is 7210. The van der Waals surface area contributed by atoms with Crippen LogP contribution in [0.2, 0.25) is 0 Å². The molecule has 11 aromatic heterocycles. The molecule has 0 spiro atoms. The summed E-state index contributed by atoms with van der Waals surface area (Å²) in [7, 11) is 0. The van der Waals surface area contributed by atoms with Gasteiger partial charge in [0.2, 0.25) is 5.95 Å². The van der Waals surface area contributed by atoms with Crippen LogP contribution in [0.4, 0.5) is 0 Å². The summed E-state index contributed by atoms with van der Waals surface area (Å²) >= 11 is 17.9. The molecule has 17 heteroatoms. The lowest BCUT2D eigenvalue weighted by molar-refractivity contribution is 0.997. The maximum absolute atomic E-state index is 5.04. The Morgan fingerprint density at radius 1 is 0.216 bits per heavy atom. The number of para-hydroxylation sites is 4. The molecule has 0 aliphatic carbocycles. The average Bonchev–Trinajstić information content (AvgIpc) is 1.78. The first kappa shape index (κ1) is 73.3. The highest BCUT2D eigenvalue weighted by atomic mass is 79.9. The van der Waals surface area contributed by atoms with Gasteiger partial charge in [-0.3, -0.25) is 24.5 Å². The molecule has 0 amide bonds. The van der Waals surface area contributed by atoms with E-state index in [1.807, 2.05) is 127 Å². The first-order valence-electron chi connectivity index (χ1n) is 37.5. The van der Waals surface area contributed by atoms with Crippen molar-refractivity contribution in [2.24, 2.45) is 0 Å². The average molecular weight is 1820 g/mol. The molecule has 0 saturated heterocycles. The number of fused-ring (bicyclic) bond motifs is 16. The van der Waals surface area contributed by atoms with Crippen LogP contribution in [0.5, 0.6) is 0 Å². The standard InChI is InChI=1S/C25H15BrN4.C23H15BrN2.3C17H11BrN2/c26-17-12-13-18-19-10-6-14-27-24(19)30(22(18)15-17)25-28-21-11-5-4-9-20(21)23(29-25)16-7-2-1-3-8-16;24-18-10-13-20-22(15-18)26(21-7-4-14-25-23(20)21)19-11-8-17(9-12-19)16-5-2-1-3-6-16;18-12-8-9-14-16(11-12)20(13-5-2-1-3-6-13)15-7-4-10-19-17(14)15;18-12-6-7-14-15-11-19-9-8-16(15)20(17(14)10-12)13-4-2-1-3-5-13;18-12-6-7-14-15-8-9-19-11-17(15)20(16(14)10-12)13-4-2-1-3-5-13/h1-15H;1-15H;3*1-11H. The van der Waals surface area contributed by atoms with Crippen molar-refractivity contribution < 1.29 is 0 Å². The molecular weight excluding hydrogens is 1760 g/mol. The van der Waals surface area contributed by atoms with Gasteiger partial charge in [0, 0.05) is 136 Å². The molecule has 12 aromatic carbocycles. The van der Waals surface area contributed by atoms with E-state index in [0.29, 0.717) is 5.95 Å². The molecule has 0 unspecified atom stereocenters. The molecule has 0 aliphatic heterocycles. The summed E-state index contributed by atoms with van der Waals surface area (Å²) in [6, 6.07) is 117. The molecule has 0 atom stereocenters. The van der Waals surface area contributed by atoms with E-state index >= 15 is 0 Å². The minimum atomic E-state index is 0.615. The predicted molar refractivity (Wildman–Crippen MR) is 495 cm³/mol. The zero-order valence-corrected chi connectivity index (χ0v) is 69.6. The third-order valence-electron chi connectivity index (χ3n) is 20.6. The van der Waals surface area contributed by atoms with Gasteiger partial charge in [0.25, 0.3) is 0 Å². The summed E-state index contributed by atoms with van der Waals surface area (Å²) in [5.41, 5.74) is 23.1. The number of nitrogens with zero attached hydrogens (tertiary/aromatic N) is 12. The highest BCUT2D eigenvalue weighted by Crippen LogP contribution is 2.40. The summed E-state index contributed by atoms with van der Waals surface area (Å²) < 4.78 is 16.4. The molecule has 23 rings (SSSR count). The minimum Gasteiger partial charge on any atom is -0.309 e. The molecular formula is C99H63Br5N12. The summed E-state index contributed by atoms with van der Waals surface area (Å²) in [6.45, 7) is 0. The maximum Gasteiger partial charge on any atom is 0.237 e. The molecule has 0 saturated carbocycles. The molecule has 554 valence electrons. The van der Waals surface area contributed by atoms with Gasteiger partial charge in [-0.25, -0.2) is 15.0 Å². The van der Waals surface area contributed by atoms with Gasteiger partial charge in [-0.2, -0.15) is 0 Å². The lowest BCUT2D eigenvalue weighted by Gasteiger charge is -2.11. The number of hydrogen-bond acceptors (Lipinski definition) is 7. The molecule has 0 fully saturated rings. The number of rotatable bonds is 7. The lowest BCUT2D eigenvalue weighted by Crippen LogP contribution is -2.04. The van der Waals surface area contributed by atoms with Crippen LogP contribution >= 0.6 is 79.6 Å². The molecule has 0 bridgehead atoms. The number of aromatic nitrogens is 12. The molecule has 11 heterocycles. The quantitative estimate of drug-likeness (QED) is 0.156. The van der Waals surface area contributed by atoms with Gasteiger partial charge in [-0.05, 0) is 187 Å². The Labute approximate surface area is 708 Å². The number of halogens is 5. The van der Waals surface area contributed by atoms with E-state index < -0.39 is 0 Å². The highest BCUT2D eigenvalue weighted by molar-refractivity contribution is 9.11. The Morgan fingerprint density at radius 2 is 0.595 bits per heavy atom. The lowest BCUT2D eigenvalue weighted by atomic mass is 10.1. The second-order valence-electron chi connectivity index (χ2n) is 27.6. The van der Waals surface area contributed by atoms with Crippen LogP contribution in [0.15, 0.2) is 405 Å². The molecule has 23 aromatic rings. The van der Waals surface area contributed by atoms with Gasteiger partial charge < -0.3 is 18.3 Å². The van der Waals surface area contributed by atoms with E-state index in [1.54, 1.807) is 0 Å². The van der Waals surface area contributed by atoms with Crippen molar-refractivity contribution in [1.29, 1.82) is 0 Å². The van der Waals surface area contributed by atoms with Gasteiger partial charge >= 0.3 is 0 Å². The third-order valence-corrected chi connectivity index (χ3v) is 23.1. The summed E-state index contributed by atoms with van der Waals surface area (Å²) in [6.07, 6.45) is 13.1.